The van der Waals surface area contributed by atoms with Crippen LogP contribution in [0, 0.1) is 11.8 Å². The number of nitrogens with zero attached hydrogens (tertiary/aromatic N) is 2. The minimum atomic E-state index is -3.29. The van der Waals surface area contributed by atoms with Gasteiger partial charge in [0, 0.05) is 25.7 Å². The van der Waals surface area contributed by atoms with Crippen LogP contribution in [-0.4, -0.2) is 51.4 Å². The van der Waals surface area contributed by atoms with Gasteiger partial charge in [-0.05, 0) is 42.1 Å². The lowest BCUT2D eigenvalue weighted by Crippen LogP contribution is -2.34. The van der Waals surface area contributed by atoms with Gasteiger partial charge in [0.25, 0.3) is 0 Å². The molecule has 2 fully saturated rings. The second-order valence-electron chi connectivity index (χ2n) is 7.64. The van der Waals surface area contributed by atoms with E-state index in [1.165, 1.54) is 5.56 Å². The summed E-state index contributed by atoms with van der Waals surface area (Å²) in [4.78, 5) is 2.36. The molecule has 0 N–H and O–H groups in total. The van der Waals surface area contributed by atoms with E-state index in [0.717, 1.165) is 17.9 Å². The van der Waals surface area contributed by atoms with E-state index in [-0.39, 0.29) is 11.8 Å². The first kappa shape index (κ1) is 18.5. The van der Waals surface area contributed by atoms with Crippen LogP contribution < -0.4 is 4.74 Å². The lowest BCUT2D eigenvalue weighted by atomic mass is 9.89. The summed E-state index contributed by atoms with van der Waals surface area (Å²) in [6, 6.07) is 17.8. The molecule has 0 aliphatic carbocycles. The molecule has 0 saturated carbocycles. The summed E-state index contributed by atoms with van der Waals surface area (Å²) in [6.07, 6.45) is 0. The highest BCUT2D eigenvalue weighted by Gasteiger charge is 2.48. The van der Waals surface area contributed by atoms with Gasteiger partial charge in [-0.1, -0.05) is 42.5 Å². The molecule has 6 heteroatoms. The number of sulfonamides is 1. The molecule has 2 aromatic rings. The molecule has 2 aliphatic rings. The van der Waals surface area contributed by atoms with Crippen molar-refractivity contribution in [2.24, 2.45) is 11.8 Å². The molecule has 0 aromatic heterocycles. The van der Waals surface area contributed by atoms with Crippen molar-refractivity contribution in [2.75, 3.05) is 33.8 Å². The molecule has 27 heavy (non-hydrogen) atoms. The van der Waals surface area contributed by atoms with Gasteiger partial charge >= 0.3 is 0 Å². The first-order valence-electron chi connectivity index (χ1n) is 9.34. The number of hydrogen-bond donors (Lipinski definition) is 0. The quantitative estimate of drug-likeness (QED) is 0.793. The molecule has 0 spiro atoms. The molecule has 2 saturated heterocycles. The zero-order valence-electron chi connectivity index (χ0n) is 15.8. The maximum Gasteiger partial charge on any atom is 0.218 e. The second kappa shape index (κ2) is 7.26. The van der Waals surface area contributed by atoms with Gasteiger partial charge in [-0.15, -0.1) is 0 Å². The Labute approximate surface area is 161 Å². The average Bonchev–Trinajstić information content (AvgIpc) is 3.20. The summed E-state index contributed by atoms with van der Waals surface area (Å²) < 4.78 is 32.8. The van der Waals surface area contributed by atoms with E-state index in [4.69, 9.17) is 4.74 Å². The molecule has 0 unspecified atom stereocenters. The second-order valence-corrected chi connectivity index (χ2v) is 9.61. The number of fused-ring (bicyclic) bond motifs is 1. The average molecular weight is 387 g/mol. The molecule has 144 valence electrons. The Morgan fingerprint density at radius 3 is 2.37 bits per heavy atom. The lowest BCUT2D eigenvalue weighted by molar-refractivity contribution is 0.261. The molecule has 2 heterocycles. The molecular formula is C21H26N2O3S. The predicted molar refractivity (Wildman–Crippen MR) is 106 cm³/mol. The Morgan fingerprint density at radius 1 is 1.00 bits per heavy atom. The monoisotopic (exact) mass is 386 g/mol. The molecule has 0 amide bonds. The summed E-state index contributed by atoms with van der Waals surface area (Å²) in [5, 5.41) is 0. The van der Waals surface area contributed by atoms with Gasteiger partial charge in [0.05, 0.1) is 12.9 Å². The maximum absolute atomic E-state index is 12.9. The van der Waals surface area contributed by atoms with E-state index in [1.807, 2.05) is 42.5 Å². The van der Waals surface area contributed by atoms with Crippen molar-refractivity contribution in [1.82, 2.24) is 9.21 Å². The molecule has 4 rings (SSSR count). The summed E-state index contributed by atoms with van der Waals surface area (Å²) in [7, 11) is 0.507. The fraction of sp³-hybridized carbons (Fsp3) is 0.429. The Kier molecular flexibility index (Phi) is 4.97. The molecule has 0 radical (unpaired) electrons. The highest BCUT2D eigenvalue weighted by molar-refractivity contribution is 7.88. The van der Waals surface area contributed by atoms with E-state index < -0.39 is 10.0 Å². The summed E-state index contributed by atoms with van der Waals surface area (Å²) in [5.74, 6) is 1.63. The van der Waals surface area contributed by atoms with Gasteiger partial charge in [-0.3, -0.25) is 4.90 Å². The van der Waals surface area contributed by atoms with E-state index in [2.05, 4.69) is 24.1 Å². The van der Waals surface area contributed by atoms with Gasteiger partial charge < -0.3 is 4.74 Å². The molecule has 0 bridgehead atoms. The third-order valence-electron chi connectivity index (χ3n) is 5.90. The van der Waals surface area contributed by atoms with Crippen LogP contribution >= 0.6 is 0 Å². The van der Waals surface area contributed by atoms with E-state index in [1.54, 1.807) is 11.4 Å². The van der Waals surface area contributed by atoms with Gasteiger partial charge in [-0.25, -0.2) is 12.7 Å². The van der Waals surface area contributed by atoms with Gasteiger partial charge in [0.15, 0.2) is 0 Å². The number of likely N-dealkylation sites (tertiary alicyclic amines) is 1. The van der Waals surface area contributed by atoms with Crippen LogP contribution in [0.3, 0.4) is 0 Å². The largest absolute Gasteiger partial charge is 0.497 e. The number of benzene rings is 2. The van der Waals surface area contributed by atoms with Crippen LogP contribution in [0.5, 0.6) is 5.75 Å². The Morgan fingerprint density at radius 2 is 1.70 bits per heavy atom. The maximum atomic E-state index is 12.9. The first-order chi connectivity index (χ1) is 13.0. The molecule has 2 aromatic carbocycles. The van der Waals surface area contributed by atoms with Crippen molar-refractivity contribution >= 4 is 10.0 Å². The third kappa shape index (κ3) is 3.61. The number of rotatable bonds is 5. The van der Waals surface area contributed by atoms with E-state index >= 15 is 0 Å². The van der Waals surface area contributed by atoms with Crippen molar-refractivity contribution < 1.29 is 13.2 Å². The minimum Gasteiger partial charge on any atom is -0.497 e. The van der Waals surface area contributed by atoms with Crippen LogP contribution in [0.25, 0.3) is 0 Å². The zero-order chi connectivity index (χ0) is 19.0. The van der Waals surface area contributed by atoms with Gasteiger partial charge in [0.1, 0.15) is 5.75 Å². The van der Waals surface area contributed by atoms with Gasteiger partial charge in [-0.2, -0.15) is 0 Å². The van der Waals surface area contributed by atoms with E-state index in [0.29, 0.717) is 24.9 Å². The van der Waals surface area contributed by atoms with Crippen molar-refractivity contribution in [2.45, 2.75) is 11.8 Å². The standard InChI is InChI=1S/C21H26N2O3S/c1-22-12-18-13-23(27(24,25)15-16-6-4-3-5-7-16)14-20(18)21(22)17-8-10-19(26-2)11-9-17/h3-11,18,20-21H,12-15H2,1-2H3/t18-,20+,21-/m0/s1. The van der Waals surface area contributed by atoms with Crippen molar-refractivity contribution in [3.05, 3.63) is 65.7 Å². The van der Waals surface area contributed by atoms with Crippen LogP contribution in [0.15, 0.2) is 54.6 Å². The normalized spacial score (nSPS) is 26.2. The fourth-order valence-electron chi connectivity index (χ4n) is 4.62. The summed E-state index contributed by atoms with van der Waals surface area (Å²) in [6.45, 7) is 2.15. The summed E-state index contributed by atoms with van der Waals surface area (Å²) >= 11 is 0. The fourth-order valence-corrected chi connectivity index (χ4v) is 6.24. The Bertz CT molecular complexity index is 883. The van der Waals surface area contributed by atoms with Crippen molar-refractivity contribution in [3.8, 4) is 5.75 Å². The van der Waals surface area contributed by atoms with Crippen LogP contribution in [0.1, 0.15) is 17.2 Å². The highest BCUT2D eigenvalue weighted by Crippen LogP contribution is 2.45. The van der Waals surface area contributed by atoms with E-state index in [9.17, 15) is 8.42 Å². The molecule has 2 aliphatic heterocycles. The van der Waals surface area contributed by atoms with Crippen LogP contribution in [-0.2, 0) is 15.8 Å². The Balaban J connectivity index is 1.52. The SMILES string of the molecule is COc1ccc([C@H]2[C@@H]3CN(S(=O)(=O)Cc4ccccc4)C[C@@H]3CN2C)cc1. The number of ether oxygens (including phenoxy) is 1. The minimum absolute atomic E-state index is 0.0797. The van der Waals surface area contributed by atoms with Crippen LogP contribution in [0.2, 0.25) is 0 Å². The third-order valence-corrected chi connectivity index (χ3v) is 7.69. The molecule has 3 atom stereocenters. The Hall–Kier alpha value is -1.89. The van der Waals surface area contributed by atoms with Crippen molar-refractivity contribution in [1.29, 1.82) is 0 Å². The highest BCUT2D eigenvalue weighted by atomic mass is 32.2. The topological polar surface area (TPSA) is 49.9 Å². The zero-order valence-corrected chi connectivity index (χ0v) is 16.6. The van der Waals surface area contributed by atoms with Gasteiger partial charge in [0.2, 0.25) is 10.0 Å². The smallest absolute Gasteiger partial charge is 0.218 e. The predicted octanol–water partition coefficient (Wildman–Crippen LogP) is 2.76. The van der Waals surface area contributed by atoms with Crippen molar-refractivity contribution in [3.63, 3.8) is 0 Å². The number of hydrogen-bond acceptors (Lipinski definition) is 4. The molecular weight excluding hydrogens is 360 g/mol. The lowest BCUT2D eigenvalue weighted by Gasteiger charge is -2.26. The summed E-state index contributed by atoms with van der Waals surface area (Å²) in [5.41, 5.74) is 2.08. The van der Waals surface area contributed by atoms with Crippen LogP contribution in [0.4, 0.5) is 0 Å². The first-order valence-corrected chi connectivity index (χ1v) is 10.9. The number of methoxy groups -OCH3 is 1. The molecule has 5 nitrogen and oxygen atoms in total.